The first-order valence-corrected chi connectivity index (χ1v) is 10.2. The maximum atomic E-state index is 13.4. The molecule has 0 aromatic heterocycles. The molecule has 0 saturated carbocycles. The highest BCUT2D eigenvalue weighted by Crippen LogP contribution is 2.31. The summed E-state index contributed by atoms with van der Waals surface area (Å²) in [6.45, 7) is 0. The van der Waals surface area contributed by atoms with Crippen molar-refractivity contribution in [3.8, 4) is 23.7 Å². The molecular weight excluding hydrogens is 392 g/mol. The van der Waals surface area contributed by atoms with Crippen LogP contribution in [-0.4, -0.2) is 11.6 Å². The number of fused-ring (bicyclic) bond motifs is 2. The van der Waals surface area contributed by atoms with E-state index >= 15 is 0 Å². The van der Waals surface area contributed by atoms with Gasteiger partial charge in [-0.25, -0.2) is 0 Å². The topological polar surface area (TPSA) is 34.1 Å². The zero-order valence-electron chi connectivity index (χ0n) is 17.1. The molecule has 2 heteroatoms. The zero-order chi connectivity index (χ0) is 21.9. The smallest absolute Gasteiger partial charge is 0.195 e. The molecule has 0 bridgehead atoms. The van der Waals surface area contributed by atoms with E-state index in [-0.39, 0.29) is 11.6 Å². The van der Waals surface area contributed by atoms with Crippen molar-refractivity contribution >= 4 is 11.6 Å². The molecule has 0 aliphatic heterocycles. The van der Waals surface area contributed by atoms with Gasteiger partial charge in [0, 0.05) is 44.5 Å². The molecule has 2 nitrogen and oxygen atoms in total. The summed E-state index contributed by atoms with van der Waals surface area (Å²) in [6.07, 6.45) is 0. The summed E-state index contributed by atoms with van der Waals surface area (Å²) in [5, 5.41) is 0. The van der Waals surface area contributed by atoms with Crippen LogP contribution in [-0.2, 0) is 0 Å². The molecule has 32 heavy (non-hydrogen) atoms. The van der Waals surface area contributed by atoms with Gasteiger partial charge >= 0.3 is 0 Å². The quantitative estimate of drug-likeness (QED) is 0.328. The van der Waals surface area contributed by atoms with E-state index in [2.05, 4.69) is 23.7 Å². The van der Waals surface area contributed by atoms with Crippen LogP contribution in [0.5, 0.6) is 0 Å². The van der Waals surface area contributed by atoms with Gasteiger partial charge in [0.1, 0.15) is 0 Å². The minimum absolute atomic E-state index is 0.198. The van der Waals surface area contributed by atoms with Crippen molar-refractivity contribution in [3.63, 3.8) is 0 Å². The van der Waals surface area contributed by atoms with Crippen molar-refractivity contribution in [1.29, 1.82) is 0 Å². The van der Waals surface area contributed by atoms with E-state index in [4.69, 9.17) is 0 Å². The molecule has 4 aromatic rings. The maximum Gasteiger partial charge on any atom is 0.195 e. The van der Waals surface area contributed by atoms with Gasteiger partial charge in [-0.05, 0) is 36.4 Å². The number of hydrogen-bond acceptors (Lipinski definition) is 2. The van der Waals surface area contributed by atoms with E-state index in [1.807, 2.05) is 60.7 Å². The lowest BCUT2D eigenvalue weighted by molar-refractivity contribution is 0.0978. The third-order valence-electron chi connectivity index (χ3n) is 5.30. The highest BCUT2D eigenvalue weighted by atomic mass is 16.1. The molecule has 1 aliphatic carbocycles. The summed E-state index contributed by atoms with van der Waals surface area (Å²) in [5.41, 5.74) is 4.26. The standard InChI is InChI=1S/C30H16O2/c31-29-26-16-8-14-24(20-18-22-11-5-2-6-12-22)28(26)30(32)25-15-7-13-23(27(25)29)19-17-21-9-3-1-4-10-21/h1-16H. The second-order valence-corrected chi connectivity index (χ2v) is 7.35. The third kappa shape index (κ3) is 3.52. The minimum atomic E-state index is -0.198. The molecule has 0 unspecified atom stereocenters. The fourth-order valence-electron chi connectivity index (χ4n) is 3.77. The Morgan fingerprint density at radius 3 is 1.22 bits per heavy atom. The number of rotatable bonds is 0. The molecule has 0 atom stereocenters. The predicted octanol–water partition coefficient (Wildman–Crippen LogP) is 5.26. The molecule has 1 aliphatic rings. The molecule has 0 spiro atoms. The van der Waals surface area contributed by atoms with E-state index in [0.29, 0.717) is 33.4 Å². The van der Waals surface area contributed by atoms with E-state index in [9.17, 15) is 9.59 Å². The van der Waals surface area contributed by atoms with Gasteiger partial charge in [0.25, 0.3) is 0 Å². The van der Waals surface area contributed by atoms with Gasteiger partial charge in [0.05, 0.1) is 0 Å². The average Bonchev–Trinajstić information content (AvgIpc) is 2.85. The molecule has 5 rings (SSSR count). The van der Waals surface area contributed by atoms with E-state index in [0.717, 1.165) is 11.1 Å². The fourth-order valence-corrected chi connectivity index (χ4v) is 3.77. The van der Waals surface area contributed by atoms with Crippen LogP contribution >= 0.6 is 0 Å². The van der Waals surface area contributed by atoms with Crippen LogP contribution in [0.25, 0.3) is 0 Å². The van der Waals surface area contributed by atoms with Gasteiger partial charge in [-0.3, -0.25) is 9.59 Å². The van der Waals surface area contributed by atoms with E-state index < -0.39 is 0 Å². The Labute approximate surface area is 186 Å². The number of carbonyl (C=O) groups excluding carboxylic acids is 2. The summed E-state index contributed by atoms with van der Waals surface area (Å²) in [6, 6.07) is 29.6. The van der Waals surface area contributed by atoms with E-state index in [1.54, 1.807) is 36.4 Å². The Morgan fingerprint density at radius 2 is 0.812 bits per heavy atom. The summed E-state index contributed by atoms with van der Waals surface area (Å²) in [4.78, 5) is 26.9. The minimum Gasteiger partial charge on any atom is -0.289 e. The maximum absolute atomic E-state index is 13.4. The number of benzene rings is 4. The van der Waals surface area contributed by atoms with Crippen LogP contribution in [0.15, 0.2) is 97.1 Å². The van der Waals surface area contributed by atoms with Gasteiger partial charge in [-0.2, -0.15) is 0 Å². The molecule has 148 valence electrons. The van der Waals surface area contributed by atoms with Crippen LogP contribution in [0.3, 0.4) is 0 Å². The van der Waals surface area contributed by atoms with Crippen molar-refractivity contribution in [2.45, 2.75) is 0 Å². The summed E-state index contributed by atoms with van der Waals surface area (Å²) in [5.74, 6) is 11.9. The van der Waals surface area contributed by atoms with Crippen molar-refractivity contribution < 1.29 is 9.59 Å². The summed E-state index contributed by atoms with van der Waals surface area (Å²) >= 11 is 0. The van der Waals surface area contributed by atoms with Crippen molar-refractivity contribution in [2.75, 3.05) is 0 Å². The Hall–Kier alpha value is -4.66. The van der Waals surface area contributed by atoms with Gasteiger partial charge in [0.2, 0.25) is 0 Å². The first-order chi connectivity index (χ1) is 15.7. The number of hydrogen-bond donors (Lipinski definition) is 0. The molecular formula is C30H16O2. The molecule has 0 saturated heterocycles. The van der Waals surface area contributed by atoms with Crippen molar-refractivity contribution in [2.24, 2.45) is 0 Å². The van der Waals surface area contributed by atoms with Crippen LogP contribution in [0.2, 0.25) is 0 Å². The van der Waals surface area contributed by atoms with Gasteiger partial charge in [0.15, 0.2) is 11.6 Å². The first kappa shape index (κ1) is 19.3. The average molecular weight is 408 g/mol. The highest BCUT2D eigenvalue weighted by molar-refractivity contribution is 6.29. The first-order valence-electron chi connectivity index (χ1n) is 10.2. The Kier molecular flexibility index (Phi) is 4.97. The molecule has 0 heterocycles. The van der Waals surface area contributed by atoms with Crippen LogP contribution in [0, 0.1) is 23.7 Å². The summed E-state index contributed by atoms with van der Waals surface area (Å²) in [7, 11) is 0. The lowest BCUT2D eigenvalue weighted by Crippen LogP contribution is -2.23. The molecule has 0 amide bonds. The zero-order valence-corrected chi connectivity index (χ0v) is 17.1. The lowest BCUT2D eigenvalue weighted by Gasteiger charge is -2.19. The Bertz CT molecular complexity index is 1370. The second-order valence-electron chi connectivity index (χ2n) is 7.35. The second kappa shape index (κ2) is 8.23. The SMILES string of the molecule is O=C1c2cccc(C#Cc3ccccc3)c2C(=O)c2cccc(C#Cc3ccccc3)c21. The van der Waals surface area contributed by atoms with Crippen LogP contribution < -0.4 is 0 Å². The molecule has 0 fully saturated rings. The fraction of sp³-hybridized carbons (Fsp3) is 0. The number of ketones is 2. The van der Waals surface area contributed by atoms with Gasteiger partial charge < -0.3 is 0 Å². The largest absolute Gasteiger partial charge is 0.289 e. The Morgan fingerprint density at radius 1 is 0.406 bits per heavy atom. The van der Waals surface area contributed by atoms with Crippen LogP contribution in [0.4, 0.5) is 0 Å². The van der Waals surface area contributed by atoms with Gasteiger partial charge in [-0.15, -0.1) is 0 Å². The highest BCUT2D eigenvalue weighted by Gasteiger charge is 2.32. The lowest BCUT2D eigenvalue weighted by atomic mass is 9.80. The normalized spacial score (nSPS) is 11.4. The van der Waals surface area contributed by atoms with Crippen molar-refractivity contribution in [3.05, 3.63) is 142 Å². The number of carbonyl (C=O) groups is 2. The van der Waals surface area contributed by atoms with Crippen molar-refractivity contribution in [1.82, 2.24) is 0 Å². The molecule has 4 aromatic carbocycles. The van der Waals surface area contributed by atoms with E-state index in [1.165, 1.54) is 0 Å². The van der Waals surface area contributed by atoms with Gasteiger partial charge in [-0.1, -0.05) is 84.3 Å². The Balaban J connectivity index is 1.61. The monoisotopic (exact) mass is 408 g/mol. The summed E-state index contributed by atoms with van der Waals surface area (Å²) < 4.78 is 0. The van der Waals surface area contributed by atoms with Crippen LogP contribution in [0.1, 0.15) is 54.1 Å². The molecule has 0 radical (unpaired) electrons. The third-order valence-corrected chi connectivity index (χ3v) is 5.30. The predicted molar refractivity (Wildman–Crippen MR) is 125 cm³/mol. The molecule has 0 N–H and O–H groups in total.